The molecule has 7 heteroatoms. The molecule has 2 aromatic carbocycles. The first-order chi connectivity index (χ1) is 12.3. The first-order valence-electron chi connectivity index (χ1n) is 8.10. The molecule has 0 bridgehead atoms. The van der Waals surface area contributed by atoms with Crippen LogP contribution >= 0.6 is 15.9 Å². The second-order valence-corrected chi connectivity index (χ2v) is 7.24. The highest BCUT2D eigenvalue weighted by atomic mass is 79.9. The van der Waals surface area contributed by atoms with Gasteiger partial charge in [0.05, 0.1) is 11.6 Å². The summed E-state index contributed by atoms with van der Waals surface area (Å²) in [6.07, 6.45) is 0.0142. The molecule has 3 rings (SSSR count). The maximum absolute atomic E-state index is 13.9. The van der Waals surface area contributed by atoms with Gasteiger partial charge in [0.1, 0.15) is 11.6 Å². The molecule has 1 aliphatic heterocycles. The lowest BCUT2D eigenvalue weighted by atomic mass is 10.1. The molecule has 4 nitrogen and oxygen atoms in total. The van der Waals surface area contributed by atoms with Gasteiger partial charge in [-0.2, -0.15) is 0 Å². The third-order valence-electron chi connectivity index (χ3n) is 4.38. The van der Waals surface area contributed by atoms with Crippen molar-refractivity contribution in [2.75, 3.05) is 18.5 Å². The highest BCUT2D eigenvalue weighted by Crippen LogP contribution is 2.29. The van der Waals surface area contributed by atoms with Crippen molar-refractivity contribution in [2.24, 2.45) is 5.92 Å². The molecule has 0 spiro atoms. The van der Waals surface area contributed by atoms with Crippen molar-refractivity contribution in [3.8, 4) is 0 Å². The van der Waals surface area contributed by atoms with Gasteiger partial charge in [0.2, 0.25) is 11.8 Å². The van der Waals surface area contributed by atoms with Crippen molar-refractivity contribution in [3.63, 3.8) is 0 Å². The van der Waals surface area contributed by atoms with Gasteiger partial charge < -0.3 is 9.80 Å². The lowest BCUT2D eigenvalue weighted by Crippen LogP contribution is -2.34. The van der Waals surface area contributed by atoms with E-state index >= 15 is 0 Å². The zero-order valence-corrected chi connectivity index (χ0v) is 15.7. The minimum absolute atomic E-state index is 0.00210. The van der Waals surface area contributed by atoms with Gasteiger partial charge >= 0.3 is 0 Å². The monoisotopic (exact) mass is 422 g/mol. The Hall–Kier alpha value is -2.28. The summed E-state index contributed by atoms with van der Waals surface area (Å²) in [5.74, 6) is -2.58. The van der Waals surface area contributed by atoms with Gasteiger partial charge in [-0.1, -0.05) is 28.1 Å². The van der Waals surface area contributed by atoms with Crippen molar-refractivity contribution in [1.82, 2.24) is 4.90 Å². The third kappa shape index (κ3) is 3.93. The van der Waals surface area contributed by atoms with E-state index in [4.69, 9.17) is 0 Å². The van der Waals surface area contributed by atoms with E-state index in [-0.39, 0.29) is 30.5 Å². The Balaban J connectivity index is 1.69. The predicted molar refractivity (Wildman–Crippen MR) is 97.4 cm³/mol. The number of halogens is 3. The minimum atomic E-state index is -0.810. The number of carbonyl (C=O) groups is 2. The standard InChI is InChI=1S/C19H17BrF2N2O2/c1-23(10-12-2-4-14(20)5-3-12)19(26)13-8-18(25)24(11-13)17-7-6-15(21)9-16(17)22/h2-7,9,13H,8,10-11H2,1H3. The SMILES string of the molecule is CN(Cc1ccc(Br)cc1)C(=O)C1CC(=O)N(c2ccc(F)cc2F)C1. The van der Waals surface area contributed by atoms with Gasteiger partial charge in [-0.15, -0.1) is 0 Å². The van der Waals surface area contributed by atoms with E-state index in [9.17, 15) is 18.4 Å². The fourth-order valence-electron chi connectivity index (χ4n) is 3.06. The lowest BCUT2D eigenvalue weighted by Gasteiger charge is -2.22. The van der Waals surface area contributed by atoms with Crippen LogP contribution in [0.5, 0.6) is 0 Å². The molecule has 0 aliphatic carbocycles. The van der Waals surface area contributed by atoms with E-state index in [1.165, 1.54) is 11.0 Å². The number of benzene rings is 2. The zero-order chi connectivity index (χ0) is 18.8. The maximum atomic E-state index is 13.9. The Kier molecular flexibility index (Phi) is 5.36. The molecule has 1 aliphatic rings. The number of hydrogen-bond donors (Lipinski definition) is 0. The Morgan fingerprint density at radius 3 is 2.58 bits per heavy atom. The molecule has 1 fully saturated rings. The van der Waals surface area contributed by atoms with Gasteiger partial charge in [-0.25, -0.2) is 8.78 Å². The molecule has 2 aromatic rings. The number of amides is 2. The van der Waals surface area contributed by atoms with E-state index in [0.29, 0.717) is 6.54 Å². The summed E-state index contributed by atoms with van der Waals surface area (Å²) in [7, 11) is 1.68. The summed E-state index contributed by atoms with van der Waals surface area (Å²) in [6.45, 7) is 0.507. The second kappa shape index (κ2) is 7.53. The van der Waals surface area contributed by atoms with Crippen LogP contribution in [0.15, 0.2) is 46.9 Å². The van der Waals surface area contributed by atoms with Crippen LogP contribution in [-0.2, 0) is 16.1 Å². The van der Waals surface area contributed by atoms with Crippen LogP contribution in [-0.4, -0.2) is 30.3 Å². The molecule has 136 valence electrons. The van der Waals surface area contributed by atoms with Crippen LogP contribution in [0.2, 0.25) is 0 Å². The predicted octanol–water partition coefficient (Wildman–Crippen LogP) is 3.74. The van der Waals surface area contributed by atoms with Crippen molar-refractivity contribution in [3.05, 3.63) is 64.1 Å². The molecule has 1 saturated heterocycles. The van der Waals surface area contributed by atoms with Gasteiger partial charge in [0.25, 0.3) is 0 Å². The van der Waals surface area contributed by atoms with E-state index in [1.807, 2.05) is 24.3 Å². The van der Waals surface area contributed by atoms with Crippen LogP contribution < -0.4 is 4.90 Å². The van der Waals surface area contributed by atoms with E-state index in [0.717, 1.165) is 22.2 Å². The number of hydrogen-bond acceptors (Lipinski definition) is 2. The molecular formula is C19H17BrF2N2O2. The van der Waals surface area contributed by atoms with Crippen LogP contribution in [0.4, 0.5) is 14.5 Å². The molecule has 0 saturated carbocycles. The summed E-state index contributed by atoms with van der Waals surface area (Å²) in [5, 5.41) is 0. The first-order valence-corrected chi connectivity index (χ1v) is 8.89. The normalized spacial score (nSPS) is 16.8. The van der Waals surface area contributed by atoms with Crippen molar-refractivity contribution in [2.45, 2.75) is 13.0 Å². The van der Waals surface area contributed by atoms with Crippen molar-refractivity contribution >= 4 is 33.4 Å². The number of anilines is 1. The van der Waals surface area contributed by atoms with Crippen molar-refractivity contribution in [1.29, 1.82) is 0 Å². The Morgan fingerprint density at radius 1 is 1.23 bits per heavy atom. The number of rotatable bonds is 4. The van der Waals surface area contributed by atoms with Gasteiger partial charge in [0, 0.05) is 37.1 Å². The van der Waals surface area contributed by atoms with E-state index in [2.05, 4.69) is 15.9 Å². The lowest BCUT2D eigenvalue weighted by molar-refractivity contribution is -0.135. The van der Waals surface area contributed by atoms with E-state index in [1.54, 1.807) is 11.9 Å². The van der Waals surface area contributed by atoms with Crippen molar-refractivity contribution < 1.29 is 18.4 Å². The number of carbonyl (C=O) groups excluding carboxylic acids is 2. The Morgan fingerprint density at radius 2 is 1.92 bits per heavy atom. The molecule has 1 heterocycles. The first kappa shape index (κ1) is 18.5. The summed E-state index contributed by atoms with van der Waals surface area (Å²) >= 11 is 3.36. The fourth-order valence-corrected chi connectivity index (χ4v) is 3.32. The van der Waals surface area contributed by atoms with Crippen LogP contribution in [0.25, 0.3) is 0 Å². The van der Waals surface area contributed by atoms with Crippen LogP contribution in [0, 0.1) is 17.6 Å². The highest BCUT2D eigenvalue weighted by Gasteiger charge is 2.37. The average Bonchev–Trinajstić information content (AvgIpc) is 2.98. The molecule has 2 amide bonds. The highest BCUT2D eigenvalue weighted by molar-refractivity contribution is 9.10. The van der Waals surface area contributed by atoms with E-state index < -0.39 is 17.6 Å². The van der Waals surface area contributed by atoms with Crippen LogP contribution in [0.1, 0.15) is 12.0 Å². The summed E-state index contributed by atoms with van der Waals surface area (Å²) in [6, 6.07) is 10.7. The summed E-state index contributed by atoms with van der Waals surface area (Å²) in [4.78, 5) is 27.7. The third-order valence-corrected chi connectivity index (χ3v) is 4.91. The van der Waals surface area contributed by atoms with Crippen LogP contribution in [0.3, 0.4) is 0 Å². The molecule has 1 unspecified atom stereocenters. The Labute approximate surface area is 158 Å². The maximum Gasteiger partial charge on any atom is 0.228 e. The molecule has 0 N–H and O–H groups in total. The zero-order valence-electron chi connectivity index (χ0n) is 14.1. The minimum Gasteiger partial charge on any atom is -0.341 e. The quantitative estimate of drug-likeness (QED) is 0.752. The molecule has 0 radical (unpaired) electrons. The number of nitrogens with zero attached hydrogens (tertiary/aromatic N) is 2. The molecule has 0 aromatic heterocycles. The molecule has 26 heavy (non-hydrogen) atoms. The largest absolute Gasteiger partial charge is 0.341 e. The fraction of sp³-hybridized carbons (Fsp3) is 0.263. The topological polar surface area (TPSA) is 40.6 Å². The van der Waals surface area contributed by atoms with Gasteiger partial charge in [0.15, 0.2) is 0 Å². The molecular weight excluding hydrogens is 406 g/mol. The van der Waals surface area contributed by atoms with Gasteiger partial charge in [-0.3, -0.25) is 9.59 Å². The van der Waals surface area contributed by atoms with Gasteiger partial charge in [-0.05, 0) is 29.8 Å². The second-order valence-electron chi connectivity index (χ2n) is 6.32. The Bertz CT molecular complexity index is 842. The average molecular weight is 423 g/mol. The summed E-state index contributed by atoms with van der Waals surface area (Å²) in [5.41, 5.74) is 0.970. The molecule has 1 atom stereocenters. The smallest absolute Gasteiger partial charge is 0.228 e. The summed E-state index contributed by atoms with van der Waals surface area (Å²) < 4.78 is 28.0.